The van der Waals surface area contributed by atoms with Crippen molar-refractivity contribution in [1.29, 1.82) is 0 Å². The highest BCUT2D eigenvalue weighted by atomic mass is 15.1. The number of aromatic nitrogens is 1. The molecule has 1 aromatic heterocycles. The number of benzene rings is 9. The van der Waals surface area contributed by atoms with Gasteiger partial charge in [0, 0.05) is 33.5 Å². The van der Waals surface area contributed by atoms with Gasteiger partial charge in [0.1, 0.15) is 0 Å². The van der Waals surface area contributed by atoms with E-state index < -0.39 is 5.41 Å². The van der Waals surface area contributed by atoms with Crippen LogP contribution < -0.4 is 4.90 Å². The van der Waals surface area contributed by atoms with Gasteiger partial charge in [0.15, 0.2) is 0 Å². The van der Waals surface area contributed by atoms with Gasteiger partial charge in [-0.15, -0.1) is 0 Å². The van der Waals surface area contributed by atoms with Crippen LogP contribution in [0.25, 0.3) is 66.4 Å². The molecule has 302 valence electrons. The van der Waals surface area contributed by atoms with E-state index in [1.165, 1.54) is 88.6 Å². The van der Waals surface area contributed by atoms with Gasteiger partial charge in [-0.25, -0.2) is 0 Å². The van der Waals surface area contributed by atoms with Gasteiger partial charge in [0.2, 0.25) is 0 Å². The summed E-state index contributed by atoms with van der Waals surface area (Å²) in [5.74, 6) is 0. The van der Waals surface area contributed by atoms with Gasteiger partial charge in [-0.3, -0.25) is 0 Å². The van der Waals surface area contributed by atoms with Crippen molar-refractivity contribution in [1.82, 2.24) is 4.57 Å². The van der Waals surface area contributed by atoms with Gasteiger partial charge >= 0.3 is 0 Å². The largest absolute Gasteiger partial charge is 0.310 e. The molecule has 0 saturated carbocycles. The van der Waals surface area contributed by atoms with Crippen LogP contribution in [-0.4, -0.2) is 4.57 Å². The smallest absolute Gasteiger partial charge is 0.0686 e. The summed E-state index contributed by atoms with van der Waals surface area (Å²) in [6.07, 6.45) is 6.19. The molecule has 2 nitrogen and oxygen atoms in total. The Morgan fingerprint density at radius 1 is 0.438 bits per heavy atom. The first-order chi connectivity index (χ1) is 31.6. The van der Waals surface area contributed by atoms with E-state index in [-0.39, 0.29) is 0 Å². The first kappa shape index (κ1) is 37.6. The zero-order chi connectivity index (χ0) is 42.8. The van der Waals surface area contributed by atoms with Gasteiger partial charge in [-0.2, -0.15) is 0 Å². The Morgan fingerprint density at radius 2 is 0.969 bits per heavy atom. The van der Waals surface area contributed by atoms with Crippen LogP contribution in [0.5, 0.6) is 0 Å². The fourth-order valence-corrected chi connectivity index (χ4v) is 10.8. The van der Waals surface area contributed by atoms with Crippen molar-refractivity contribution >= 4 is 44.4 Å². The minimum absolute atomic E-state index is 0.436. The second kappa shape index (κ2) is 15.0. The van der Waals surface area contributed by atoms with Gasteiger partial charge < -0.3 is 9.47 Å². The Hall–Kier alpha value is -8.20. The normalized spacial score (nSPS) is 13.5. The second-order valence-corrected chi connectivity index (χ2v) is 16.9. The Balaban J connectivity index is 1.01. The molecule has 0 radical (unpaired) electrons. The maximum Gasteiger partial charge on any atom is 0.0686 e. The summed E-state index contributed by atoms with van der Waals surface area (Å²) < 4.78 is 2.37. The highest BCUT2D eigenvalue weighted by Crippen LogP contribution is 2.62. The first-order valence-electron chi connectivity index (χ1n) is 22.1. The third kappa shape index (κ3) is 5.66. The Labute approximate surface area is 374 Å². The lowest BCUT2D eigenvalue weighted by Crippen LogP contribution is -2.26. The molecule has 0 amide bonds. The summed E-state index contributed by atoms with van der Waals surface area (Å²) in [5.41, 5.74) is 21.6. The molecule has 0 unspecified atom stereocenters. The minimum atomic E-state index is -0.436. The van der Waals surface area contributed by atoms with Crippen LogP contribution in [-0.2, 0) is 5.41 Å². The highest BCUT2D eigenvalue weighted by molar-refractivity contribution is 6.10. The summed E-state index contributed by atoms with van der Waals surface area (Å²) in [6.45, 7) is 6.37. The maximum absolute atomic E-state index is 4.04. The SMILES string of the molecule is C=C/C=C\C1=C(C)C2(c3cc(N(c4ccc(-c5ccccc5)cc4)c4ccc(-c5ccc6c(c5)c5ccccc5n6-c5ccccc5)cc4)ccc31)c1ccccc1-c1ccccc12. The fourth-order valence-electron chi connectivity index (χ4n) is 10.8. The quantitative estimate of drug-likeness (QED) is 0.139. The van der Waals surface area contributed by atoms with Crippen LogP contribution in [0.15, 0.2) is 249 Å². The number of allylic oxidation sites excluding steroid dienone is 5. The van der Waals surface area contributed by atoms with Crippen molar-refractivity contribution in [2.45, 2.75) is 12.3 Å². The lowest BCUT2D eigenvalue weighted by molar-refractivity contribution is 0.766. The van der Waals surface area contributed by atoms with Gasteiger partial charge in [0.05, 0.1) is 16.4 Å². The van der Waals surface area contributed by atoms with Crippen LogP contribution in [0.4, 0.5) is 17.1 Å². The number of hydrogen-bond donors (Lipinski definition) is 0. The highest BCUT2D eigenvalue weighted by Gasteiger charge is 2.51. The Kier molecular flexibility index (Phi) is 8.81. The minimum Gasteiger partial charge on any atom is -0.310 e. The summed E-state index contributed by atoms with van der Waals surface area (Å²) in [4.78, 5) is 2.42. The fraction of sp³-hybridized carbons (Fsp3) is 0.0323. The Bertz CT molecular complexity index is 3450. The molecule has 1 heterocycles. The van der Waals surface area contributed by atoms with E-state index >= 15 is 0 Å². The number of nitrogens with zero attached hydrogens (tertiary/aromatic N) is 2. The molecule has 0 bridgehead atoms. The summed E-state index contributed by atoms with van der Waals surface area (Å²) in [6, 6.07) is 80.1. The van der Waals surface area contributed by atoms with Gasteiger partial charge in [0.25, 0.3) is 0 Å². The summed E-state index contributed by atoms with van der Waals surface area (Å²) in [5, 5.41) is 2.49. The monoisotopic (exact) mass is 816 g/mol. The van der Waals surface area contributed by atoms with Crippen molar-refractivity contribution < 1.29 is 0 Å². The average molecular weight is 817 g/mol. The molecule has 10 aromatic rings. The molecule has 0 aliphatic heterocycles. The van der Waals surface area contributed by atoms with Crippen LogP contribution in [0.2, 0.25) is 0 Å². The van der Waals surface area contributed by atoms with Crippen LogP contribution in [0.1, 0.15) is 29.2 Å². The zero-order valence-corrected chi connectivity index (χ0v) is 35.6. The predicted octanol–water partition coefficient (Wildman–Crippen LogP) is 16.4. The van der Waals surface area contributed by atoms with Crippen LogP contribution in [0, 0.1) is 0 Å². The third-order valence-electron chi connectivity index (χ3n) is 13.7. The lowest BCUT2D eigenvalue weighted by atomic mass is 9.70. The second-order valence-electron chi connectivity index (χ2n) is 16.9. The van der Waals surface area contributed by atoms with Gasteiger partial charge in [-0.05, 0) is 140 Å². The topological polar surface area (TPSA) is 8.17 Å². The molecule has 0 atom stereocenters. The van der Waals surface area contributed by atoms with E-state index in [1.54, 1.807) is 0 Å². The van der Waals surface area contributed by atoms with E-state index in [4.69, 9.17) is 0 Å². The lowest BCUT2D eigenvalue weighted by Gasteiger charge is -2.33. The predicted molar refractivity (Wildman–Crippen MR) is 270 cm³/mol. The average Bonchev–Trinajstić information content (AvgIpc) is 3.95. The molecule has 2 aliphatic carbocycles. The van der Waals surface area contributed by atoms with Crippen LogP contribution in [0.3, 0.4) is 0 Å². The van der Waals surface area contributed by atoms with Crippen molar-refractivity contribution in [3.63, 3.8) is 0 Å². The standard InChI is InChI=1S/C62H44N2/c1-3-4-21-51-42(2)62(57-25-14-11-22-52(57)53-23-12-15-26-58(53)62)59-41-50(37-38-54(51)59)63(48-33-28-44(29-34-48)43-17-7-5-8-18-43)49-35-30-45(31-36-49)46-32-39-61-56(40-46)55-24-13-16-27-60(55)64(61)47-19-9-6-10-20-47/h3-41H,1H2,2H3/b21-4-. The summed E-state index contributed by atoms with van der Waals surface area (Å²) >= 11 is 0. The van der Waals surface area contributed by atoms with Crippen molar-refractivity contribution in [3.8, 4) is 39.1 Å². The van der Waals surface area contributed by atoms with Crippen molar-refractivity contribution in [2.24, 2.45) is 0 Å². The molecule has 2 aliphatic rings. The van der Waals surface area contributed by atoms with E-state index in [0.29, 0.717) is 0 Å². The number of hydrogen-bond acceptors (Lipinski definition) is 1. The van der Waals surface area contributed by atoms with E-state index in [1.807, 2.05) is 6.08 Å². The molecule has 12 rings (SSSR count). The molecule has 0 N–H and O–H groups in total. The molecule has 2 heteroatoms. The molecular formula is C62H44N2. The maximum atomic E-state index is 4.04. The number of para-hydroxylation sites is 2. The summed E-state index contributed by atoms with van der Waals surface area (Å²) in [7, 11) is 0. The van der Waals surface area contributed by atoms with Crippen molar-refractivity contribution in [3.05, 3.63) is 271 Å². The van der Waals surface area contributed by atoms with E-state index in [2.05, 4.69) is 254 Å². The van der Waals surface area contributed by atoms with E-state index in [0.717, 1.165) is 22.7 Å². The molecule has 1 spiro atoms. The van der Waals surface area contributed by atoms with Crippen LogP contribution >= 0.6 is 0 Å². The van der Waals surface area contributed by atoms with Crippen molar-refractivity contribution in [2.75, 3.05) is 4.90 Å². The van der Waals surface area contributed by atoms with Gasteiger partial charge in [-0.1, -0.05) is 176 Å². The van der Waals surface area contributed by atoms with E-state index in [9.17, 15) is 0 Å². The number of anilines is 3. The molecule has 0 saturated heterocycles. The third-order valence-corrected chi connectivity index (χ3v) is 13.7. The Morgan fingerprint density at radius 3 is 1.64 bits per heavy atom. The number of fused-ring (bicyclic) bond motifs is 10. The molecule has 64 heavy (non-hydrogen) atoms. The first-order valence-corrected chi connectivity index (χ1v) is 22.1. The molecule has 9 aromatic carbocycles. The zero-order valence-electron chi connectivity index (χ0n) is 35.6. The molecular weight excluding hydrogens is 773 g/mol. The molecule has 0 fully saturated rings. The number of rotatable bonds is 8.